The second-order valence-corrected chi connectivity index (χ2v) is 6.38. The second kappa shape index (κ2) is 5.99. The molecule has 2 N–H and O–H groups in total. The van der Waals surface area contributed by atoms with Crippen LogP contribution in [0.25, 0.3) is 0 Å². The smallest absolute Gasteiger partial charge is 0.334 e. The van der Waals surface area contributed by atoms with Crippen molar-refractivity contribution in [1.82, 2.24) is 10.2 Å². The first kappa shape index (κ1) is 15.1. The van der Waals surface area contributed by atoms with Crippen molar-refractivity contribution in [2.45, 2.75) is 51.7 Å². The van der Waals surface area contributed by atoms with Gasteiger partial charge < -0.3 is 20.1 Å². The molecular weight excluding hydrogens is 260 g/mol. The van der Waals surface area contributed by atoms with Crippen molar-refractivity contribution >= 4 is 12.0 Å². The van der Waals surface area contributed by atoms with Gasteiger partial charge in [0, 0.05) is 12.6 Å². The maximum absolute atomic E-state index is 12.3. The van der Waals surface area contributed by atoms with E-state index in [2.05, 4.69) is 19.2 Å². The minimum Gasteiger partial charge on any atom is -0.479 e. The lowest BCUT2D eigenvalue weighted by Crippen LogP contribution is -2.56. The number of aliphatic carboxylic acids is 1. The van der Waals surface area contributed by atoms with Crippen molar-refractivity contribution in [3.63, 3.8) is 0 Å². The number of carboxylic acids is 1. The van der Waals surface area contributed by atoms with E-state index in [1.807, 2.05) is 0 Å². The van der Waals surface area contributed by atoms with E-state index in [-0.39, 0.29) is 30.6 Å². The molecule has 1 aliphatic carbocycles. The van der Waals surface area contributed by atoms with Crippen molar-refractivity contribution in [3.05, 3.63) is 0 Å². The maximum Gasteiger partial charge on any atom is 0.334 e. The molecule has 1 saturated heterocycles. The van der Waals surface area contributed by atoms with Gasteiger partial charge in [0.25, 0.3) is 0 Å². The number of rotatable bonds is 2. The number of carbonyl (C=O) groups excluding carboxylic acids is 1. The van der Waals surface area contributed by atoms with Crippen molar-refractivity contribution < 1.29 is 19.4 Å². The molecule has 20 heavy (non-hydrogen) atoms. The fourth-order valence-electron chi connectivity index (χ4n) is 2.99. The molecule has 1 saturated carbocycles. The van der Waals surface area contributed by atoms with E-state index in [0.29, 0.717) is 6.54 Å². The number of morpholine rings is 1. The summed E-state index contributed by atoms with van der Waals surface area (Å²) >= 11 is 0. The molecule has 6 heteroatoms. The summed E-state index contributed by atoms with van der Waals surface area (Å²) < 4.78 is 5.13. The minimum atomic E-state index is -1.01. The standard InChI is InChI=1S/C14H24N2O4/c1-14(2)6-4-3-5-11(14)15-13(19)16-7-8-20-10(9-16)12(17)18/h10-11H,3-9H2,1-2H3,(H,15,19)(H,17,18). The Morgan fingerprint density at radius 3 is 2.75 bits per heavy atom. The van der Waals surface area contributed by atoms with Crippen LogP contribution in [0.5, 0.6) is 0 Å². The van der Waals surface area contributed by atoms with Gasteiger partial charge in [-0.2, -0.15) is 0 Å². The number of urea groups is 1. The number of hydrogen-bond acceptors (Lipinski definition) is 3. The van der Waals surface area contributed by atoms with Crippen LogP contribution in [0.3, 0.4) is 0 Å². The van der Waals surface area contributed by atoms with Crippen LogP contribution in [0.1, 0.15) is 39.5 Å². The molecule has 2 rings (SSSR count). The summed E-state index contributed by atoms with van der Waals surface area (Å²) in [5.41, 5.74) is 0.104. The number of nitrogens with zero attached hydrogens (tertiary/aromatic N) is 1. The Morgan fingerprint density at radius 2 is 2.10 bits per heavy atom. The van der Waals surface area contributed by atoms with E-state index in [9.17, 15) is 9.59 Å². The van der Waals surface area contributed by atoms with E-state index in [1.54, 1.807) is 4.90 Å². The molecule has 0 aromatic carbocycles. The largest absolute Gasteiger partial charge is 0.479 e. The van der Waals surface area contributed by atoms with Crippen LogP contribution in [0.2, 0.25) is 0 Å². The van der Waals surface area contributed by atoms with Crippen LogP contribution in [-0.4, -0.2) is 53.8 Å². The van der Waals surface area contributed by atoms with Gasteiger partial charge in [-0.3, -0.25) is 0 Å². The topological polar surface area (TPSA) is 78.9 Å². The molecule has 2 atom stereocenters. The minimum absolute atomic E-state index is 0.104. The summed E-state index contributed by atoms with van der Waals surface area (Å²) in [5.74, 6) is -1.01. The Hall–Kier alpha value is -1.30. The van der Waals surface area contributed by atoms with Crippen molar-refractivity contribution in [2.75, 3.05) is 19.7 Å². The fraction of sp³-hybridized carbons (Fsp3) is 0.857. The third-order valence-electron chi connectivity index (χ3n) is 4.43. The summed E-state index contributed by atoms with van der Waals surface area (Å²) in [7, 11) is 0. The molecular formula is C14H24N2O4. The van der Waals surface area contributed by atoms with Crippen LogP contribution in [0.15, 0.2) is 0 Å². The molecule has 2 amide bonds. The highest BCUT2D eigenvalue weighted by atomic mass is 16.5. The van der Waals surface area contributed by atoms with Gasteiger partial charge >= 0.3 is 12.0 Å². The molecule has 0 spiro atoms. The lowest BCUT2D eigenvalue weighted by Gasteiger charge is -2.40. The fourth-order valence-corrected chi connectivity index (χ4v) is 2.99. The van der Waals surface area contributed by atoms with Gasteiger partial charge in [0.1, 0.15) is 0 Å². The zero-order valence-electron chi connectivity index (χ0n) is 12.2. The van der Waals surface area contributed by atoms with Crippen molar-refractivity contribution in [2.24, 2.45) is 5.41 Å². The van der Waals surface area contributed by atoms with E-state index in [0.717, 1.165) is 19.3 Å². The summed E-state index contributed by atoms with van der Waals surface area (Å²) in [6, 6.07) is -0.00519. The lowest BCUT2D eigenvalue weighted by molar-refractivity contribution is -0.154. The molecule has 0 radical (unpaired) electrons. The number of hydrogen-bond donors (Lipinski definition) is 2. The van der Waals surface area contributed by atoms with Crippen molar-refractivity contribution in [3.8, 4) is 0 Å². The van der Waals surface area contributed by atoms with E-state index in [4.69, 9.17) is 9.84 Å². The van der Waals surface area contributed by atoms with E-state index in [1.165, 1.54) is 6.42 Å². The maximum atomic E-state index is 12.3. The second-order valence-electron chi connectivity index (χ2n) is 6.38. The zero-order chi connectivity index (χ0) is 14.8. The van der Waals surface area contributed by atoms with Gasteiger partial charge in [-0.15, -0.1) is 0 Å². The number of amides is 2. The van der Waals surface area contributed by atoms with Crippen LogP contribution >= 0.6 is 0 Å². The van der Waals surface area contributed by atoms with Crippen LogP contribution < -0.4 is 5.32 Å². The van der Waals surface area contributed by atoms with Gasteiger partial charge in [-0.05, 0) is 18.3 Å². The predicted molar refractivity (Wildman–Crippen MR) is 73.5 cm³/mol. The van der Waals surface area contributed by atoms with Gasteiger partial charge in [0.15, 0.2) is 6.10 Å². The number of carboxylic acid groups (broad SMARTS) is 1. The first-order valence-corrected chi connectivity index (χ1v) is 7.30. The third-order valence-corrected chi connectivity index (χ3v) is 4.43. The summed E-state index contributed by atoms with van der Waals surface area (Å²) in [6.45, 7) is 5.20. The van der Waals surface area contributed by atoms with Crippen LogP contribution in [0, 0.1) is 5.41 Å². The average molecular weight is 284 g/mol. The molecule has 2 unspecified atom stereocenters. The molecule has 6 nitrogen and oxygen atoms in total. The van der Waals surface area contributed by atoms with E-state index >= 15 is 0 Å². The Labute approximate surface area is 119 Å². The Kier molecular flexibility index (Phi) is 4.52. The molecule has 0 aromatic heterocycles. The predicted octanol–water partition coefficient (Wildman–Crippen LogP) is 1.45. The van der Waals surface area contributed by atoms with Gasteiger partial charge in [0.05, 0.1) is 13.2 Å². The number of nitrogens with one attached hydrogen (secondary N) is 1. The number of carbonyl (C=O) groups is 2. The van der Waals surface area contributed by atoms with Crippen molar-refractivity contribution in [1.29, 1.82) is 0 Å². The number of ether oxygens (including phenoxy) is 1. The summed E-state index contributed by atoms with van der Waals surface area (Å²) in [4.78, 5) is 24.8. The first-order valence-electron chi connectivity index (χ1n) is 7.30. The average Bonchev–Trinajstić information content (AvgIpc) is 2.41. The SMILES string of the molecule is CC1(C)CCCCC1NC(=O)N1CCOC(C(=O)O)C1. The highest BCUT2D eigenvalue weighted by Crippen LogP contribution is 2.35. The third kappa shape index (κ3) is 3.42. The molecule has 0 aromatic rings. The molecule has 0 bridgehead atoms. The zero-order valence-corrected chi connectivity index (χ0v) is 12.2. The van der Waals surface area contributed by atoms with E-state index < -0.39 is 12.1 Å². The monoisotopic (exact) mass is 284 g/mol. The molecule has 2 fully saturated rings. The van der Waals surface area contributed by atoms with Crippen LogP contribution in [-0.2, 0) is 9.53 Å². The Bertz CT molecular complexity index is 383. The van der Waals surface area contributed by atoms with Gasteiger partial charge in [-0.1, -0.05) is 26.7 Å². The summed E-state index contributed by atoms with van der Waals surface area (Å²) in [5, 5.41) is 12.0. The summed E-state index contributed by atoms with van der Waals surface area (Å²) in [6.07, 6.45) is 3.53. The highest BCUT2D eigenvalue weighted by Gasteiger charge is 2.35. The first-order chi connectivity index (χ1) is 9.40. The molecule has 1 aliphatic heterocycles. The highest BCUT2D eigenvalue weighted by molar-refractivity contribution is 5.77. The molecule has 1 heterocycles. The van der Waals surface area contributed by atoms with Gasteiger partial charge in [0.2, 0.25) is 0 Å². The van der Waals surface area contributed by atoms with Gasteiger partial charge in [-0.25, -0.2) is 9.59 Å². The van der Waals surface area contributed by atoms with Crippen LogP contribution in [0.4, 0.5) is 4.79 Å². The quantitative estimate of drug-likeness (QED) is 0.804. The molecule has 114 valence electrons. The Balaban J connectivity index is 1.92. The normalized spacial score (nSPS) is 29.8. The molecule has 2 aliphatic rings. The Morgan fingerprint density at radius 1 is 1.35 bits per heavy atom. The lowest BCUT2D eigenvalue weighted by atomic mass is 9.73.